The van der Waals surface area contributed by atoms with Gasteiger partial charge < -0.3 is 9.47 Å². The second-order valence-electron chi connectivity index (χ2n) is 4.81. The molecular weight excluding hydrogens is 328 g/mol. The number of alkyl halides is 1. The minimum Gasteiger partial charge on any atom is -0.353 e. The van der Waals surface area contributed by atoms with E-state index in [1.54, 1.807) is 19.1 Å². The Morgan fingerprint density at radius 1 is 1.23 bits per heavy atom. The lowest BCUT2D eigenvalue weighted by atomic mass is 10.2. The van der Waals surface area contributed by atoms with Crippen molar-refractivity contribution in [3.63, 3.8) is 0 Å². The van der Waals surface area contributed by atoms with Gasteiger partial charge in [0.2, 0.25) is 0 Å². The normalized spacial score (nSPS) is 14.7. The molecule has 2 atom stereocenters. The molecule has 1 aromatic rings. The predicted molar refractivity (Wildman–Crippen MR) is 85.6 cm³/mol. The number of rotatable bonds is 10. The molecule has 0 aliphatic heterocycles. The first kappa shape index (κ1) is 19.4. The van der Waals surface area contributed by atoms with Crippen LogP contribution in [-0.2, 0) is 23.8 Å². The van der Waals surface area contributed by atoms with Gasteiger partial charge in [-0.2, -0.15) is 8.42 Å². The van der Waals surface area contributed by atoms with Crippen LogP contribution < -0.4 is 0 Å². The Kier molecular flexibility index (Phi) is 8.35. The van der Waals surface area contributed by atoms with Crippen molar-refractivity contribution < 1.29 is 22.1 Å². The van der Waals surface area contributed by atoms with Gasteiger partial charge in [-0.1, -0.05) is 17.7 Å². The SMILES string of the molecule is CCOC(C)O[C@H](CCl)CCOS(=O)(=O)c1ccc(C)cc1. The molecule has 0 amide bonds. The molecular formula is C15H23ClO5S. The maximum Gasteiger partial charge on any atom is 0.296 e. The van der Waals surface area contributed by atoms with Crippen molar-refractivity contribution in [1.29, 1.82) is 0 Å². The Balaban J connectivity index is 2.48. The van der Waals surface area contributed by atoms with Crippen LogP contribution >= 0.6 is 11.6 Å². The Morgan fingerprint density at radius 3 is 2.41 bits per heavy atom. The first-order valence-corrected chi connectivity index (χ1v) is 9.12. The molecule has 0 aromatic heterocycles. The minimum absolute atomic E-state index is 0.00639. The largest absolute Gasteiger partial charge is 0.353 e. The molecule has 0 bridgehead atoms. The van der Waals surface area contributed by atoms with Gasteiger partial charge in [-0.05, 0) is 39.3 Å². The van der Waals surface area contributed by atoms with E-state index in [9.17, 15) is 8.42 Å². The van der Waals surface area contributed by atoms with E-state index in [2.05, 4.69) is 0 Å². The smallest absolute Gasteiger partial charge is 0.296 e. The van der Waals surface area contributed by atoms with Crippen molar-refractivity contribution in [1.82, 2.24) is 0 Å². The Labute approximate surface area is 137 Å². The van der Waals surface area contributed by atoms with Crippen molar-refractivity contribution in [2.45, 2.75) is 44.5 Å². The second kappa shape index (κ2) is 9.47. The molecule has 0 heterocycles. The van der Waals surface area contributed by atoms with E-state index < -0.39 is 10.1 Å². The van der Waals surface area contributed by atoms with Gasteiger partial charge in [-0.3, -0.25) is 4.18 Å². The van der Waals surface area contributed by atoms with E-state index in [4.69, 9.17) is 25.3 Å². The van der Waals surface area contributed by atoms with Crippen LogP contribution in [-0.4, -0.2) is 39.9 Å². The lowest BCUT2D eigenvalue weighted by Gasteiger charge is -2.20. The Morgan fingerprint density at radius 2 is 1.86 bits per heavy atom. The standard InChI is InChI=1S/C15H23ClO5S/c1-4-19-13(3)21-14(11-16)9-10-20-22(17,18)15-7-5-12(2)6-8-15/h5-8,13-14H,4,9-11H2,1-3H3/t13?,14-/m0/s1. The van der Waals surface area contributed by atoms with E-state index in [1.165, 1.54) is 12.1 Å². The number of hydrogen-bond donors (Lipinski definition) is 0. The first-order valence-electron chi connectivity index (χ1n) is 7.18. The highest BCUT2D eigenvalue weighted by atomic mass is 35.5. The van der Waals surface area contributed by atoms with Gasteiger partial charge in [-0.25, -0.2) is 0 Å². The first-order chi connectivity index (χ1) is 10.4. The van der Waals surface area contributed by atoms with Crippen LogP contribution in [0, 0.1) is 6.92 Å². The molecule has 126 valence electrons. The summed E-state index contributed by atoms with van der Waals surface area (Å²) in [5.41, 5.74) is 0.986. The van der Waals surface area contributed by atoms with Crippen LogP contribution in [0.1, 0.15) is 25.8 Å². The second-order valence-corrected chi connectivity index (χ2v) is 6.74. The molecule has 0 saturated carbocycles. The maximum absolute atomic E-state index is 12.0. The van der Waals surface area contributed by atoms with Gasteiger partial charge in [0, 0.05) is 12.5 Å². The van der Waals surface area contributed by atoms with Gasteiger partial charge in [0.1, 0.15) is 0 Å². The summed E-state index contributed by atoms with van der Waals surface area (Å²) in [6.45, 7) is 6.07. The molecule has 0 saturated heterocycles. The fraction of sp³-hybridized carbons (Fsp3) is 0.600. The van der Waals surface area contributed by atoms with Gasteiger partial charge in [0.25, 0.3) is 10.1 Å². The zero-order chi connectivity index (χ0) is 16.6. The van der Waals surface area contributed by atoms with E-state index >= 15 is 0 Å². The van der Waals surface area contributed by atoms with Crippen LogP contribution in [0.15, 0.2) is 29.2 Å². The molecule has 0 radical (unpaired) electrons. The molecule has 5 nitrogen and oxygen atoms in total. The Bertz CT molecular complexity index is 529. The molecule has 1 rings (SSSR count). The van der Waals surface area contributed by atoms with E-state index in [0.29, 0.717) is 13.0 Å². The average Bonchev–Trinajstić information content (AvgIpc) is 2.46. The zero-order valence-corrected chi connectivity index (χ0v) is 14.7. The third kappa shape index (κ3) is 6.62. The molecule has 0 aliphatic rings. The fourth-order valence-corrected chi connectivity index (χ4v) is 2.94. The summed E-state index contributed by atoms with van der Waals surface area (Å²) in [6, 6.07) is 6.50. The van der Waals surface area contributed by atoms with Crippen molar-refractivity contribution in [3.05, 3.63) is 29.8 Å². The van der Waals surface area contributed by atoms with Crippen LogP contribution in [0.2, 0.25) is 0 Å². The number of benzene rings is 1. The molecule has 0 spiro atoms. The molecule has 0 aliphatic carbocycles. The number of ether oxygens (including phenoxy) is 2. The molecule has 22 heavy (non-hydrogen) atoms. The van der Waals surface area contributed by atoms with E-state index in [1.807, 2.05) is 13.8 Å². The molecule has 1 unspecified atom stereocenters. The van der Waals surface area contributed by atoms with Crippen LogP contribution in [0.25, 0.3) is 0 Å². The predicted octanol–water partition coefficient (Wildman–Crippen LogP) is 3.10. The minimum atomic E-state index is -3.75. The van der Waals surface area contributed by atoms with Crippen molar-refractivity contribution >= 4 is 21.7 Å². The summed E-state index contributed by atoms with van der Waals surface area (Å²) < 4.78 is 39.9. The monoisotopic (exact) mass is 350 g/mol. The summed E-state index contributed by atoms with van der Waals surface area (Å²) in [7, 11) is -3.75. The topological polar surface area (TPSA) is 61.8 Å². The van der Waals surface area contributed by atoms with Crippen LogP contribution in [0.3, 0.4) is 0 Å². The summed E-state index contributed by atoms with van der Waals surface area (Å²) in [5, 5.41) is 0. The van der Waals surface area contributed by atoms with Gasteiger partial charge in [-0.15, -0.1) is 11.6 Å². The molecule has 0 N–H and O–H groups in total. The van der Waals surface area contributed by atoms with Crippen LogP contribution in [0.4, 0.5) is 0 Å². The quantitative estimate of drug-likeness (QED) is 0.368. The van der Waals surface area contributed by atoms with E-state index in [-0.39, 0.29) is 29.8 Å². The summed E-state index contributed by atoms with van der Waals surface area (Å²) >= 11 is 5.81. The lowest BCUT2D eigenvalue weighted by molar-refractivity contribution is -0.154. The third-order valence-electron chi connectivity index (χ3n) is 2.95. The van der Waals surface area contributed by atoms with Crippen molar-refractivity contribution in [3.8, 4) is 0 Å². The zero-order valence-electron chi connectivity index (χ0n) is 13.1. The third-order valence-corrected chi connectivity index (χ3v) is 4.62. The Hall–Kier alpha value is -0.660. The fourth-order valence-electron chi connectivity index (χ4n) is 1.79. The van der Waals surface area contributed by atoms with Crippen molar-refractivity contribution in [2.75, 3.05) is 19.1 Å². The van der Waals surface area contributed by atoms with Crippen LogP contribution in [0.5, 0.6) is 0 Å². The highest BCUT2D eigenvalue weighted by Crippen LogP contribution is 2.15. The molecule has 1 aromatic carbocycles. The highest BCUT2D eigenvalue weighted by molar-refractivity contribution is 7.86. The average molecular weight is 351 g/mol. The summed E-state index contributed by atoms with van der Waals surface area (Å²) in [4.78, 5) is 0.143. The summed E-state index contributed by atoms with van der Waals surface area (Å²) in [5.74, 6) is 0.241. The van der Waals surface area contributed by atoms with E-state index in [0.717, 1.165) is 5.56 Å². The van der Waals surface area contributed by atoms with Crippen molar-refractivity contribution in [2.24, 2.45) is 0 Å². The van der Waals surface area contributed by atoms with Gasteiger partial charge in [0.05, 0.1) is 17.6 Å². The number of aryl methyl sites for hydroxylation is 1. The van der Waals surface area contributed by atoms with Gasteiger partial charge >= 0.3 is 0 Å². The molecule has 0 fully saturated rings. The summed E-state index contributed by atoms with van der Waals surface area (Å²) in [6.07, 6.45) is -0.342. The van der Waals surface area contributed by atoms with Gasteiger partial charge in [0.15, 0.2) is 6.29 Å². The molecule has 7 heteroatoms. The number of halogens is 1. The maximum atomic E-state index is 12.0. The lowest BCUT2D eigenvalue weighted by Crippen LogP contribution is -2.25. The highest BCUT2D eigenvalue weighted by Gasteiger charge is 2.17. The number of hydrogen-bond acceptors (Lipinski definition) is 5.